The van der Waals surface area contributed by atoms with Crippen LogP contribution in [0.4, 0.5) is 0 Å². The predicted octanol–water partition coefficient (Wildman–Crippen LogP) is 3.06. The summed E-state index contributed by atoms with van der Waals surface area (Å²) >= 11 is 3.43. The molecule has 16 heavy (non-hydrogen) atoms. The summed E-state index contributed by atoms with van der Waals surface area (Å²) in [7, 11) is 1.84. The van der Waals surface area contributed by atoms with Gasteiger partial charge in [-0.25, -0.2) is 0 Å². The first-order valence-electron chi connectivity index (χ1n) is 5.45. The van der Waals surface area contributed by atoms with Crippen LogP contribution in [0.5, 0.6) is 0 Å². The molecule has 0 N–H and O–H groups in total. The Morgan fingerprint density at radius 2 is 1.88 bits per heavy atom. The van der Waals surface area contributed by atoms with E-state index < -0.39 is 0 Å². The maximum Gasteiger partial charge on any atom is 0.236 e. The van der Waals surface area contributed by atoms with Crippen molar-refractivity contribution in [2.75, 3.05) is 7.05 Å². The molecular formula is C13H18BrNO. The summed E-state index contributed by atoms with van der Waals surface area (Å²) < 4.78 is 0. The van der Waals surface area contributed by atoms with Crippen molar-refractivity contribution >= 4 is 21.8 Å². The monoisotopic (exact) mass is 283 g/mol. The molecule has 0 saturated heterocycles. The van der Waals surface area contributed by atoms with Crippen LogP contribution in [-0.4, -0.2) is 22.7 Å². The van der Waals surface area contributed by atoms with E-state index in [1.807, 2.05) is 51.2 Å². The lowest BCUT2D eigenvalue weighted by molar-refractivity contribution is -0.130. The van der Waals surface area contributed by atoms with Crippen molar-refractivity contribution in [2.45, 2.75) is 25.2 Å². The van der Waals surface area contributed by atoms with Crippen molar-refractivity contribution in [3.8, 4) is 0 Å². The quantitative estimate of drug-likeness (QED) is 0.778. The lowest BCUT2D eigenvalue weighted by atomic mass is 10.1. The van der Waals surface area contributed by atoms with Crippen molar-refractivity contribution in [1.29, 1.82) is 0 Å². The Bertz CT molecular complexity index is 337. The standard InChI is InChI=1S/C13H18BrNO/c1-10(2)12(14)13(16)15(3)9-11-7-5-4-6-8-11/h4-8,10,12H,9H2,1-3H3. The Hall–Kier alpha value is -0.830. The van der Waals surface area contributed by atoms with E-state index in [-0.39, 0.29) is 10.7 Å². The maximum atomic E-state index is 12.0. The summed E-state index contributed by atoms with van der Waals surface area (Å²) in [5.41, 5.74) is 1.15. The average molecular weight is 284 g/mol. The lowest BCUT2D eigenvalue weighted by Gasteiger charge is -2.22. The molecule has 0 saturated carbocycles. The summed E-state index contributed by atoms with van der Waals surface area (Å²) in [6.07, 6.45) is 0. The molecule has 1 amide bonds. The van der Waals surface area contributed by atoms with Crippen LogP contribution in [0.3, 0.4) is 0 Å². The van der Waals surface area contributed by atoms with E-state index in [0.29, 0.717) is 12.5 Å². The van der Waals surface area contributed by atoms with E-state index in [1.165, 1.54) is 0 Å². The summed E-state index contributed by atoms with van der Waals surface area (Å²) in [5, 5.41) is 0. The van der Waals surface area contributed by atoms with Crippen molar-refractivity contribution in [3.05, 3.63) is 35.9 Å². The normalized spacial score (nSPS) is 12.6. The Kier molecular flexibility index (Phi) is 5.00. The zero-order valence-electron chi connectivity index (χ0n) is 9.98. The van der Waals surface area contributed by atoms with E-state index in [9.17, 15) is 4.79 Å². The van der Waals surface area contributed by atoms with E-state index in [0.717, 1.165) is 5.56 Å². The fraction of sp³-hybridized carbons (Fsp3) is 0.462. The highest BCUT2D eigenvalue weighted by Gasteiger charge is 2.21. The number of carbonyl (C=O) groups is 1. The molecule has 0 heterocycles. The third kappa shape index (κ3) is 3.63. The van der Waals surface area contributed by atoms with Crippen molar-refractivity contribution in [3.63, 3.8) is 0 Å². The van der Waals surface area contributed by atoms with Crippen LogP contribution in [-0.2, 0) is 11.3 Å². The van der Waals surface area contributed by atoms with Gasteiger partial charge >= 0.3 is 0 Å². The fourth-order valence-corrected chi connectivity index (χ4v) is 1.78. The molecule has 0 aliphatic carbocycles. The smallest absolute Gasteiger partial charge is 0.236 e. The first-order chi connectivity index (χ1) is 7.52. The molecule has 3 heteroatoms. The number of alkyl halides is 1. The van der Waals surface area contributed by atoms with Gasteiger partial charge in [-0.2, -0.15) is 0 Å². The van der Waals surface area contributed by atoms with Gasteiger partial charge in [-0.3, -0.25) is 4.79 Å². The van der Waals surface area contributed by atoms with E-state index in [1.54, 1.807) is 4.90 Å². The third-order valence-corrected chi connectivity index (χ3v) is 3.91. The van der Waals surface area contributed by atoms with Crippen LogP contribution in [0.2, 0.25) is 0 Å². The van der Waals surface area contributed by atoms with Gasteiger partial charge in [-0.05, 0) is 11.5 Å². The molecule has 1 unspecified atom stereocenters. The van der Waals surface area contributed by atoms with Gasteiger partial charge in [0.1, 0.15) is 0 Å². The molecule has 0 aromatic heterocycles. The minimum atomic E-state index is -0.0961. The number of carbonyl (C=O) groups excluding carboxylic acids is 1. The molecule has 0 aliphatic rings. The highest BCUT2D eigenvalue weighted by molar-refractivity contribution is 9.10. The van der Waals surface area contributed by atoms with Gasteiger partial charge < -0.3 is 4.90 Å². The van der Waals surface area contributed by atoms with Gasteiger partial charge in [0.15, 0.2) is 0 Å². The molecule has 1 aromatic carbocycles. The van der Waals surface area contributed by atoms with Gasteiger partial charge in [0.05, 0.1) is 4.83 Å². The highest BCUT2D eigenvalue weighted by atomic mass is 79.9. The highest BCUT2D eigenvalue weighted by Crippen LogP contribution is 2.15. The molecule has 1 aromatic rings. The summed E-state index contributed by atoms with van der Waals surface area (Å²) in [6, 6.07) is 10.0. The van der Waals surface area contributed by atoms with Gasteiger partial charge in [-0.15, -0.1) is 0 Å². The molecule has 0 aliphatic heterocycles. The minimum Gasteiger partial charge on any atom is -0.340 e. The van der Waals surface area contributed by atoms with Crippen molar-refractivity contribution < 1.29 is 4.79 Å². The van der Waals surface area contributed by atoms with Gasteiger partial charge in [0.2, 0.25) is 5.91 Å². The Morgan fingerprint density at radius 1 is 1.31 bits per heavy atom. The number of halogens is 1. The van der Waals surface area contributed by atoms with Crippen LogP contribution in [0.1, 0.15) is 19.4 Å². The average Bonchev–Trinajstić information content (AvgIpc) is 2.28. The first-order valence-corrected chi connectivity index (χ1v) is 6.37. The fourth-order valence-electron chi connectivity index (χ4n) is 1.43. The van der Waals surface area contributed by atoms with Crippen LogP contribution < -0.4 is 0 Å². The minimum absolute atomic E-state index is 0.0961. The second-order valence-corrected chi connectivity index (χ2v) is 5.31. The van der Waals surface area contributed by atoms with E-state index in [4.69, 9.17) is 0 Å². The Balaban J connectivity index is 2.59. The molecule has 1 rings (SSSR count). The van der Waals surface area contributed by atoms with Crippen LogP contribution >= 0.6 is 15.9 Å². The Morgan fingerprint density at radius 3 is 2.38 bits per heavy atom. The number of amides is 1. The number of hydrogen-bond acceptors (Lipinski definition) is 1. The molecule has 0 radical (unpaired) electrons. The second kappa shape index (κ2) is 6.04. The molecule has 0 bridgehead atoms. The number of benzene rings is 1. The molecule has 0 spiro atoms. The van der Waals surface area contributed by atoms with Crippen molar-refractivity contribution in [2.24, 2.45) is 5.92 Å². The zero-order valence-corrected chi connectivity index (χ0v) is 11.6. The van der Waals surface area contributed by atoms with Gasteiger partial charge in [0, 0.05) is 13.6 Å². The van der Waals surface area contributed by atoms with Crippen molar-refractivity contribution in [1.82, 2.24) is 4.90 Å². The van der Waals surface area contributed by atoms with Crippen LogP contribution in [0.25, 0.3) is 0 Å². The van der Waals surface area contributed by atoms with E-state index in [2.05, 4.69) is 15.9 Å². The lowest BCUT2D eigenvalue weighted by Crippen LogP contribution is -2.35. The SMILES string of the molecule is CC(C)C(Br)C(=O)N(C)Cc1ccccc1. The molecule has 88 valence electrons. The summed E-state index contributed by atoms with van der Waals surface area (Å²) in [5.74, 6) is 0.449. The summed E-state index contributed by atoms with van der Waals surface area (Å²) in [4.78, 5) is 13.6. The first kappa shape index (κ1) is 13.2. The second-order valence-electron chi connectivity index (χ2n) is 4.33. The third-order valence-electron chi connectivity index (χ3n) is 2.46. The molecular weight excluding hydrogens is 266 g/mol. The largest absolute Gasteiger partial charge is 0.340 e. The van der Waals surface area contributed by atoms with Crippen LogP contribution in [0, 0.1) is 5.92 Å². The molecule has 2 nitrogen and oxygen atoms in total. The van der Waals surface area contributed by atoms with Gasteiger partial charge in [0.25, 0.3) is 0 Å². The maximum absolute atomic E-state index is 12.0. The predicted molar refractivity (Wildman–Crippen MR) is 70.5 cm³/mol. The zero-order chi connectivity index (χ0) is 12.1. The van der Waals surface area contributed by atoms with E-state index >= 15 is 0 Å². The number of hydrogen-bond donors (Lipinski definition) is 0. The number of rotatable bonds is 4. The van der Waals surface area contributed by atoms with Crippen LogP contribution in [0.15, 0.2) is 30.3 Å². The molecule has 0 fully saturated rings. The van der Waals surface area contributed by atoms with Gasteiger partial charge in [-0.1, -0.05) is 60.1 Å². The summed E-state index contributed by atoms with van der Waals surface area (Å²) in [6.45, 7) is 4.73. The number of nitrogens with zero attached hydrogens (tertiary/aromatic N) is 1. The topological polar surface area (TPSA) is 20.3 Å². The Labute approximate surface area is 106 Å². The molecule has 1 atom stereocenters.